The number of nitrogens with zero attached hydrogens (tertiary/aromatic N) is 1. The van der Waals surface area contributed by atoms with E-state index >= 15 is 0 Å². The van der Waals surface area contributed by atoms with Gasteiger partial charge in [-0.2, -0.15) is 0 Å². The summed E-state index contributed by atoms with van der Waals surface area (Å²) in [7, 11) is 4.26. The Labute approximate surface area is 111 Å². The van der Waals surface area contributed by atoms with E-state index in [1.165, 1.54) is 32.1 Å². The van der Waals surface area contributed by atoms with Crippen molar-refractivity contribution in [1.29, 1.82) is 0 Å². The van der Waals surface area contributed by atoms with Crippen LogP contribution >= 0.6 is 0 Å². The summed E-state index contributed by atoms with van der Waals surface area (Å²) in [6.07, 6.45) is 7.35. The second-order valence-electron chi connectivity index (χ2n) is 5.63. The maximum Gasteiger partial charge on any atom is 0.234 e. The lowest BCUT2D eigenvalue weighted by molar-refractivity contribution is -0.121. The van der Waals surface area contributed by atoms with Crippen molar-refractivity contribution in [3.8, 4) is 0 Å². The fourth-order valence-corrected chi connectivity index (χ4v) is 2.70. The predicted molar refractivity (Wildman–Crippen MR) is 75.7 cm³/mol. The average Bonchev–Trinajstić information content (AvgIpc) is 2.37. The first-order valence-corrected chi connectivity index (χ1v) is 7.25. The van der Waals surface area contributed by atoms with Gasteiger partial charge in [-0.3, -0.25) is 4.79 Å². The van der Waals surface area contributed by atoms with Crippen LogP contribution in [0.2, 0.25) is 0 Å². The van der Waals surface area contributed by atoms with Crippen molar-refractivity contribution in [2.75, 3.05) is 33.7 Å². The fourth-order valence-electron chi connectivity index (χ4n) is 2.70. The summed E-state index contributed by atoms with van der Waals surface area (Å²) in [5.41, 5.74) is 0.179. The van der Waals surface area contributed by atoms with Gasteiger partial charge in [0.25, 0.3) is 0 Å². The van der Waals surface area contributed by atoms with Crippen LogP contribution in [0.15, 0.2) is 0 Å². The Morgan fingerprint density at radius 3 is 2.44 bits per heavy atom. The molecule has 0 aromatic rings. The van der Waals surface area contributed by atoms with Crippen LogP contribution in [0.25, 0.3) is 0 Å². The molecule has 0 atom stereocenters. The molecule has 1 amide bonds. The normalized spacial score (nSPS) is 18.9. The third-order valence-electron chi connectivity index (χ3n) is 4.06. The topological polar surface area (TPSA) is 44.4 Å². The number of carbonyl (C=O) groups excluding carboxylic acids is 1. The van der Waals surface area contributed by atoms with Crippen molar-refractivity contribution in [1.82, 2.24) is 15.5 Å². The van der Waals surface area contributed by atoms with Crippen LogP contribution < -0.4 is 10.6 Å². The van der Waals surface area contributed by atoms with Gasteiger partial charge in [0.1, 0.15) is 0 Å². The number of rotatable bonds is 7. The van der Waals surface area contributed by atoms with Crippen LogP contribution in [0.1, 0.15) is 45.4 Å². The number of amides is 1. The molecule has 1 rings (SSSR count). The van der Waals surface area contributed by atoms with E-state index < -0.39 is 0 Å². The molecule has 0 radical (unpaired) electrons. The van der Waals surface area contributed by atoms with Crippen LogP contribution in [0.4, 0.5) is 0 Å². The highest BCUT2D eigenvalue weighted by Crippen LogP contribution is 2.31. The van der Waals surface area contributed by atoms with Crippen molar-refractivity contribution >= 4 is 5.91 Å². The van der Waals surface area contributed by atoms with Gasteiger partial charge in [-0.1, -0.05) is 26.2 Å². The first-order valence-electron chi connectivity index (χ1n) is 7.25. The molecule has 106 valence electrons. The fraction of sp³-hybridized carbons (Fsp3) is 0.929. The first kappa shape index (κ1) is 15.4. The Balaban J connectivity index is 2.35. The summed E-state index contributed by atoms with van der Waals surface area (Å²) >= 11 is 0. The van der Waals surface area contributed by atoms with Gasteiger partial charge < -0.3 is 15.5 Å². The third-order valence-corrected chi connectivity index (χ3v) is 4.06. The smallest absolute Gasteiger partial charge is 0.234 e. The molecule has 0 bridgehead atoms. The second kappa shape index (κ2) is 7.74. The molecular formula is C14H29N3O. The van der Waals surface area contributed by atoms with Gasteiger partial charge >= 0.3 is 0 Å². The Hall–Kier alpha value is -0.610. The highest BCUT2D eigenvalue weighted by Gasteiger charge is 2.34. The van der Waals surface area contributed by atoms with E-state index in [9.17, 15) is 4.79 Å². The van der Waals surface area contributed by atoms with Gasteiger partial charge in [0.2, 0.25) is 5.91 Å². The predicted octanol–water partition coefficient (Wildman–Crippen LogP) is 1.37. The molecule has 18 heavy (non-hydrogen) atoms. The van der Waals surface area contributed by atoms with Crippen molar-refractivity contribution in [3.63, 3.8) is 0 Å². The Morgan fingerprint density at radius 2 is 1.89 bits per heavy atom. The molecule has 4 nitrogen and oxygen atoms in total. The average molecular weight is 255 g/mol. The molecule has 1 aliphatic carbocycles. The highest BCUT2D eigenvalue weighted by molar-refractivity contribution is 5.78. The van der Waals surface area contributed by atoms with Crippen LogP contribution in [0.3, 0.4) is 0 Å². The number of carbonyl (C=O) groups is 1. The van der Waals surface area contributed by atoms with Gasteiger partial charge in [-0.15, -0.1) is 0 Å². The van der Waals surface area contributed by atoms with E-state index in [2.05, 4.69) is 36.6 Å². The van der Waals surface area contributed by atoms with E-state index in [1.54, 1.807) is 0 Å². The van der Waals surface area contributed by atoms with Crippen molar-refractivity contribution < 1.29 is 4.79 Å². The molecule has 0 spiro atoms. The summed E-state index contributed by atoms with van der Waals surface area (Å²) in [5, 5.41) is 6.23. The quantitative estimate of drug-likeness (QED) is 0.675. The molecule has 1 aliphatic rings. The van der Waals surface area contributed by atoms with Gasteiger partial charge in [0.15, 0.2) is 0 Å². The molecule has 2 N–H and O–H groups in total. The lowest BCUT2D eigenvalue weighted by atomic mass is 9.80. The highest BCUT2D eigenvalue weighted by atomic mass is 16.1. The zero-order valence-electron chi connectivity index (χ0n) is 12.2. The maximum absolute atomic E-state index is 11.7. The molecule has 0 heterocycles. The van der Waals surface area contributed by atoms with Gasteiger partial charge in [-0.25, -0.2) is 0 Å². The van der Waals surface area contributed by atoms with E-state index in [0.29, 0.717) is 6.54 Å². The lowest BCUT2D eigenvalue weighted by Gasteiger charge is -2.43. The van der Waals surface area contributed by atoms with E-state index in [-0.39, 0.29) is 11.4 Å². The summed E-state index contributed by atoms with van der Waals surface area (Å²) in [5.74, 6) is 0.121. The molecular weight excluding hydrogens is 226 g/mol. The van der Waals surface area contributed by atoms with Gasteiger partial charge in [0.05, 0.1) is 6.54 Å². The Kier molecular flexibility index (Phi) is 6.65. The van der Waals surface area contributed by atoms with E-state index in [0.717, 1.165) is 19.5 Å². The zero-order valence-corrected chi connectivity index (χ0v) is 12.2. The molecule has 4 heteroatoms. The molecule has 0 unspecified atom stereocenters. The lowest BCUT2D eigenvalue weighted by Crippen LogP contribution is -2.54. The zero-order chi connectivity index (χ0) is 13.4. The Morgan fingerprint density at radius 1 is 1.22 bits per heavy atom. The number of likely N-dealkylation sites (N-methyl/N-ethyl adjacent to an activating group) is 1. The summed E-state index contributed by atoms with van der Waals surface area (Å²) in [6.45, 7) is 4.24. The monoisotopic (exact) mass is 255 g/mol. The minimum absolute atomic E-state index is 0.121. The summed E-state index contributed by atoms with van der Waals surface area (Å²) < 4.78 is 0. The Bertz CT molecular complexity index is 247. The molecule has 1 fully saturated rings. The second-order valence-corrected chi connectivity index (χ2v) is 5.63. The number of hydrogen-bond donors (Lipinski definition) is 2. The van der Waals surface area contributed by atoms with Crippen LogP contribution in [-0.2, 0) is 4.79 Å². The van der Waals surface area contributed by atoms with E-state index in [4.69, 9.17) is 0 Å². The largest absolute Gasteiger partial charge is 0.353 e. The van der Waals surface area contributed by atoms with Crippen molar-refractivity contribution in [2.45, 2.75) is 51.0 Å². The first-order chi connectivity index (χ1) is 8.60. The SMILES string of the molecule is CCCNCC(=O)NCC1(N(C)C)CCCCC1. The van der Waals surface area contributed by atoms with Crippen LogP contribution in [0.5, 0.6) is 0 Å². The summed E-state index contributed by atoms with van der Waals surface area (Å²) in [6, 6.07) is 0. The van der Waals surface area contributed by atoms with Crippen LogP contribution in [0, 0.1) is 0 Å². The molecule has 1 saturated carbocycles. The molecule has 0 saturated heterocycles. The molecule has 0 aromatic heterocycles. The number of hydrogen-bond acceptors (Lipinski definition) is 3. The standard InChI is InChI=1S/C14H29N3O/c1-4-10-15-11-13(18)16-12-14(17(2)3)8-6-5-7-9-14/h15H,4-12H2,1-3H3,(H,16,18). The van der Waals surface area contributed by atoms with Gasteiger partial charge in [-0.05, 0) is 39.9 Å². The maximum atomic E-state index is 11.7. The van der Waals surface area contributed by atoms with Crippen LogP contribution in [-0.4, -0.2) is 50.1 Å². The van der Waals surface area contributed by atoms with E-state index in [1.807, 2.05) is 0 Å². The minimum atomic E-state index is 0.121. The molecule has 0 aliphatic heterocycles. The third kappa shape index (κ3) is 4.58. The van der Waals surface area contributed by atoms with Gasteiger partial charge in [0, 0.05) is 12.1 Å². The van der Waals surface area contributed by atoms with Crippen molar-refractivity contribution in [2.24, 2.45) is 0 Å². The number of nitrogens with one attached hydrogen (secondary N) is 2. The summed E-state index contributed by atoms with van der Waals surface area (Å²) in [4.78, 5) is 14.0. The minimum Gasteiger partial charge on any atom is -0.353 e. The van der Waals surface area contributed by atoms with Crippen molar-refractivity contribution in [3.05, 3.63) is 0 Å². The molecule has 0 aromatic carbocycles.